The molecule has 0 bridgehead atoms. The van der Waals surface area contributed by atoms with E-state index in [2.05, 4.69) is 0 Å². The largest absolute Gasteiger partial charge is 0.377 e. The zero-order valence-electron chi connectivity index (χ0n) is 12.6. The van der Waals surface area contributed by atoms with Crippen molar-refractivity contribution in [2.24, 2.45) is 0 Å². The number of likely N-dealkylation sites (N-methyl/N-ethyl adjacent to an activating group) is 1. The maximum absolute atomic E-state index is 11.6. The molecule has 0 aliphatic carbocycles. The summed E-state index contributed by atoms with van der Waals surface area (Å²) >= 11 is 0. The summed E-state index contributed by atoms with van der Waals surface area (Å²) in [5.74, 6) is 0.195. The van der Waals surface area contributed by atoms with Crippen molar-refractivity contribution in [3.05, 3.63) is 0 Å². The number of hydrogen-bond donors (Lipinski definition) is 0. The van der Waals surface area contributed by atoms with Crippen molar-refractivity contribution in [2.75, 3.05) is 40.4 Å². The molecule has 1 saturated heterocycles. The van der Waals surface area contributed by atoms with E-state index in [0.717, 1.165) is 6.54 Å². The van der Waals surface area contributed by atoms with Gasteiger partial charge in [-0.25, -0.2) is 0 Å². The van der Waals surface area contributed by atoms with Crippen LogP contribution in [0.5, 0.6) is 0 Å². The molecule has 1 atom stereocenters. The monoisotopic (exact) mass is 246 g/mol. The smallest absolute Gasteiger partial charge is 0.237 e. The van der Waals surface area contributed by atoms with Crippen molar-refractivity contribution in [1.29, 1.82) is 0 Å². The Labute approximate surface area is 107 Å². The first-order valence-electron chi connectivity index (χ1n) is 6.63. The number of amides is 1. The van der Waals surface area contributed by atoms with Crippen LogP contribution in [0.25, 0.3) is 0 Å². The molecule has 4 heteroatoms. The van der Waals surface area contributed by atoms with Gasteiger partial charge in [-0.1, -0.05) is 27.7 Å². The van der Waals surface area contributed by atoms with Crippen LogP contribution in [0.3, 0.4) is 0 Å². The average molecular weight is 246 g/mol. The summed E-state index contributed by atoms with van der Waals surface area (Å²) in [6.07, 6.45) is 0. The topological polar surface area (TPSA) is 32.8 Å². The fraction of sp³-hybridized carbons (Fsp3) is 0.923. The number of nitrogens with zero attached hydrogens (tertiary/aromatic N) is 2. The summed E-state index contributed by atoms with van der Waals surface area (Å²) in [6, 6.07) is 0.223. The normalized spacial score (nSPS) is 18.8. The van der Waals surface area contributed by atoms with Crippen molar-refractivity contribution in [3.63, 3.8) is 0 Å². The molecule has 1 aliphatic rings. The van der Waals surface area contributed by atoms with Crippen LogP contribution < -0.4 is 0 Å². The Bertz CT molecular complexity index is 184. The van der Waals surface area contributed by atoms with Crippen molar-refractivity contribution in [2.45, 2.75) is 40.7 Å². The van der Waals surface area contributed by atoms with Crippen molar-refractivity contribution >= 4 is 5.91 Å². The molecule has 0 saturated carbocycles. The minimum absolute atomic E-state index is 0.195. The van der Waals surface area contributed by atoms with Gasteiger partial charge in [0.05, 0.1) is 25.8 Å². The van der Waals surface area contributed by atoms with E-state index < -0.39 is 0 Å². The molecule has 1 rings (SSSR count). The number of hydrogen-bond acceptors (Lipinski definition) is 3. The van der Waals surface area contributed by atoms with Gasteiger partial charge in [0.25, 0.3) is 0 Å². The van der Waals surface area contributed by atoms with Crippen molar-refractivity contribution < 1.29 is 9.53 Å². The predicted octanol–water partition coefficient (Wildman–Crippen LogP) is 1.85. The fourth-order valence-electron chi connectivity index (χ4n) is 1.46. The second kappa shape index (κ2) is 11.9. The number of ether oxygens (including phenoxy) is 1. The molecule has 0 aromatic carbocycles. The van der Waals surface area contributed by atoms with Gasteiger partial charge >= 0.3 is 0 Å². The molecular weight excluding hydrogens is 216 g/mol. The minimum Gasteiger partial charge on any atom is -0.377 e. The summed E-state index contributed by atoms with van der Waals surface area (Å²) in [7, 11) is 3.81. The third-order valence-corrected chi connectivity index (χ3v) is 2.14. The van der Waals surface area contributed by atoms with Crippen LogP contribution in [0.1, 0.15) is 34.6 Å². The van der Waals surface area contributed by atoms with E-state index in [4.69, 9.17) is 4.74 Å². The highest BCUT2D eigenvalue weighted by molar-refractivity contribution is 5.78. The molecule has 0 N–H and O–H groups in total. The van der Waals surface area contributed by atoms with E-state index in [0.29, 0.717) is 19.8 Å². The number of carbonyl (C=O) groups excluding carboxylic acids is 1. The standard InChI is InChI=1S/C9H18N2O2.2C2H6/c1-8-7-13-5-4-11(8)9(12)6-10(2)3;2*1-2/h8H,4-7H2,1-3H3;2*1-2H3. The molecule has 1 heterocycles. The van der Waals surface area contributed by atoms with Gasteiger partial charge in [-0.2, -0.15) is 0 Å². The van der Waals surface area contributed by atoms with Crippen LogP contribution in [-0.2, 0) is 9.53 Å². The van der Waals surface area contributed by atoms with Crippen molar-refractivity contribution in [1.82, 2.24) is 9.80 Å². The molecule has 17 heavy (non-hydrogen) atoms. The summed E-state index contributed by atoms with van der Waals surface area (Å²) < 4.78 is 5.26. The van der Waals surface area contributed by atoms with E-state index >= 15 is 0 Å². The van der Waals surface area contributed by atoms with Gasteiger partial charge in [0.1, 0.15) is 0 Å². The van der Waals surface area contributed by atoms with Crippen LogP contribution in [0.4, 0.5) is 0 Å². The molecule has 104 valence electrons. The van der Waals surface area contributed by atoms with E-state index in [1.54, 1.807) is 0 Å². The lowest BCUT2D eigenvalue weighted by Crippen LogP contribution is -2.49. The summed E-state index contributed by atoms with van der Waals surface area (Å²) in [4.78, 5) is 15.4. The Morgan fingerprint density at radius 3 is 2.24 bits per heavy atom. The van der Waals surface area contributed by atoms with Gasteiger partial charge < -0.3 is 14.5 Å². The van der Waals surface area contributed by atoms with Crippen LogP contribution >= 0.6 is 0 Å². The molecular formula is C13H30N2O2. The zero-order valence-corrected chi connectivity index (χ0v) is 12.6. The Morgan fingerprint density at radius 2 is 1.82 bits per heavy atom. The quantitative estimate of drug-likeness (QED) is 0.745. The number of carbonyl (C=O) groups is 1. The fourth-order valence-corrected chi connectivity index (χ4v) is 1.46. The highest BCUT2D eigenvalue weighted by Gasteiger charge is 2.23. The lowest BCUT2D eigenvalue weighted by Gasteiger charge is -2.34. The van der Waals surface area contributed by atoms with Gasteiger partial charge in [-0.15, -0.1) is 0 Å². The summed E-state index contributed by atoms with van der Waals surface area (Å²) in [6.45, 7) is 12.6. The number of rotatable bonds is 2. The van der Waals surface area contributed by atoms with Crippen LogP contribution in [-0.4, -0.2) is 62.1 Å². The van der Waals surface area contributed by atoms with E-state index in [9.17, 15) is 4.79 Å². The van der Waals surface area contributed by atoms with Gasteiger partial charge in [0, 0.05) is 6.54 Å². The van der Waals surface area contributed by atoms with Gasteiger partial charge in [-0.3, -0.25) is 4.79 Å². The van der Waals surface area contributed by atoms with E-state index in [1.165, 1.54) is 0 Å². The van der Waals surface area contributed by atoms with Gasteiger partial charge in [-0.05, 0) is 21.0 Å². The molecule has 0 spiro atoms. The zero-order chi connectivity index (χ0) is 13.8. The molecule has 0 aromatic rings. The first-order valence-corrected chi connectivity index (χ1v) is 6.63. The summed E-state index contributed by atoms with van der Waals surface area (Å²) in [5.41, 5.74) is 0. The summed E-state index contributed by atoms with van der Waals surface area (Å²) in [5, 5.41) is 0. The molecule has 1 amide bonds. The predicted molar refractivity (Wildman–Crippen MR) is 73.2 cm³/mol. The van der Waals surface area contributed by atoms with Gasteiger partial charge in [0.15, 0.2) is 0 Å². The van der Waals surface area contributed by atoms with Crippen LogP contribution in [0.15, 0.2) is 0 Å². The minimum atomic E-state index is 0.195. The Balaban J connectivity index is 0. The second-order valence-electron chi connectivity index (χ2n) is 3.75. The first kappa shape index (κ1) is 18.7. The van der Waals surface area contributed by atoms with Crippen LogP contribution in [0, 0.1) is 0 Å². The third kappa shape index (κ3) is 8.16. The highest BCUT2D eigenvalue weighted by atomic mass is 16.5. The molecule has 1 fully saturated rings. The lowest BCUT2D eigenvalue weighted by atomic mass is 10.2. The molecule has 4 nitrogen and oxygen atoms in total. The third-order valence-electron chi connectivity index (χ3n) is 2.14. The highest BCUT2D eigenvalue weighted by Crippen LogP contribution is 2.06. The Morgan fingerprint density at radius 1 is 1.29 bits per heavy atom. The Kier molecular flexibility index (Phi) is 13.1. The number of morpholine rings is 1. The Hall–Kier alpha value is -0.610. The molecule has 0 aromatic heterocycles. The first-order chi connectivity index (χ1) is 8.11. The average Bonchev–Trinajstić information content (AvgIpc) is 2.34. The second-order valence-corrected chi connectivity index (χ2v) is 3.75. The lowest BCUT2D eigenvalue weighted by molar-refractivity contribution is -0.139. The van der Waals surface area contributed by atoms with E-state index in [-0.39, 0.29) is 11.9 Å². The molecule has 1 unspecified atom stereocenters. The van der Waals surface area contributed by atoms with Gasteiger partial charge in [0.2, 0.25) is 5.91 Å². The molecule has 0 radical (unpaired) electrons. The van der Waals surface area contributed by atoms with Crippen molar-refractivity contribution in [3.8, 4) is 0 Å². The maximum atomic E-state index is 11.6. The van der Waals surface area contributed by atoms with Crippen LogP contribution in [0.2, 0.25) is 0 Å². The van der Waals surface area contributed by atoms with E-state index in [1.807, 2.05) is 58.5 Å². The SMILES string of the molecule is CC.CC.CC1COCCN1C(=O)CN(C)C. The maximum Gasteiger partial charge on any atom is 0.237 e. The molecule has 1 aliphatic heterocycles.